The maximum Gasteiger partial charge on any atom is 0.450 e. The highest BCUT2D eigenvalue weighted by molar-refractivity contribution is 8.01. The Morgan fingerprint density at radius 1 is 1.36 bits per heavy atom. The molecule has 1 aliphatic heterocycles. The lowest BCUT2D eigenvalue weighted by Crippen LogP contribution is -2.36. The predicted molar refractivity (Wildman–Crippen MR) is 75.2 cm³/mol. The number of alkyl halides is 3. The summed E-state index contributed by atoms with van der Waals surface area (Å²) in [6.07, 6.45) is -5.99. The first-order valence-corrected chi connectivity index (χ1v) is 7.17. The van der Waals surface area contributed by atoms with Gasteiger partial charge in [-0.2, -0.15) is 13.2 Å². The number of benzene rings is 1. The predicted octanol–water partition coefficient (Wildman–Crippen LogP) is 3.17. The van der Waals surface area contributed by atoms with Gasteiger partial charge in [0, 0.05) is 11.3 Å². The van der Waals surface area contributed by atoms with Gasteiger partial charge in [0.15, 0.2) is 11.9 Å². The number of para-hydroxylation sites is 1. The van der Waals surface area contributed by atoms with Gasteiger partial charge in [0.25, 0.3) is 5.91 Å². The molecule has 4 nitrogen and oxygen atoms in total. The van der Waals surface area contributed by atoms with Gasteiger partial charge in [-0.15, -0.1) is 11.8 Å². The van der Waals surface area contributed by atoms with Crippen LogP contribution in [0.2, 0.25) is 0 Å². The molecule has 0 saturated heterocycles. The van der Waals surface area contributed by atoms with E-state index < -0.39 is 23.9 Å². The summed E-state index contributed by atoms with van der Waals surface area (Å²) in [5.41, 5.74) is 0.512. The molecule has 2 rings (SSSR count). The van der Waals surface area contributed by atoms with Crippen LogP contribution in [0.25, 0.3) is 0 Å². The van der Waals surface area contributed by atoms with E-state index in [0.717, 1.165) is 11.8 Å². The normalized spacial score (nSPS) is 18.2. The number of amides is 1. The Morgan fingerprint density at radius 3 is 2.68 bits per heavy atom. The minimum Gasteiger partial charge on any atom is -0.474 e. The standard InChI is InChI=1S/C14H11F3NO3S/c1-8(19)9-4-2-3-5-10(9)18-13(20)11-6-22-7-12(21-11)14(15,16)17/h2-5,11H,6H2,1H3,(H,18,20). The van der Waals surface area contributed by atoms with Gasteiger partial charge in [0.05, 0.1) is 11.1 Å². The Hall–Kier alpha value is -1.96. The van der Waals surface area contributed by atoms with Crippen molar-refractivity contribution in [2.45, 2.75) is 19.2 Å². The van der Waals surface area contributed by atoms with E-state index in [2.05, 4.69) is 10.1 Å². The van der Waals surface area contributed by atoms with Crippen molar-refractivity contribution in [3.63, 3.8) is 0 Å². The largest absolute Gasteiger partial charge is 0.474 e. The fourth-order valence-corrected chi connectivity index (χ4v) is 2.50. The Labute approximate surface area is 128 Å². The molecule has 1 aromatic carbocycles. The minimum absolute atomic E-state index is 0.00759. The Balaban J connectivity index is 2.11. The van der Waals surface area contributed by atoms with Crippen LogP contribution < -0.4 is 5.32 Å². The molecule has 1 radical (unpaired) electrons. The third-order valence-corrected chi connectivity index (χ3v) is 3.57. The molecule has 117 valence electrons. The first-order chi connectivity index (χ1) is 10.3. The third-order valence-electron chi connectivity index (χ3n) is 2.77. The van der Waals surface area contributed by atoms with Gasteiger partial charge in [0.2, 0.25) is 5.76 Å². The maximum atomic E-state index is 12.6. The SMILES string of the molecule is CC(=O)c1ccccc1NC(=O)C1CS[C]=C(C(F)(F)F)O1. The quantitative estimate of drug-likeness (QED) is 0.865. The first kappa shape index (κ1) is 16.4. The highest BCUT2D eigenvalue weighted by Crippen LogP contribution is 2.33. The number of ether oxygens (including phenoxy) is 1. The van der Waals surface area contributed by atoms with Crippen molar-refractivity contribution in [3.8, 4) is 0 Å². The lowest BCUT2D eigenvalue weighted by Gasteiger charge is -2.24. The van der Waals surface area contributed by atoms with E-state index in [9.17, 15) is 22.8 Å². The number of hydrogen-bond acceptors (Lipinski definition) is 4. The summed E-state index contributed by atoms with van der Waals surface area (Å²) in [6, 6.07) is 6.24. The van der Waals surface area contributed by atoms with Crippen molar-refractivity contribution in [2.24, 2.45) is 0 Å². The van der Waals surface area contributed by atoms with Gasteiger partial charge in [-0.25, -0.2) is 0 Å². The van der Waals surface area contributed by atoms with Crippen molar-refractivity contribution in [3.05, 3.63) is 41.0 Å². The van der Waals surface area contributed by atoms with Crippen molar-refractivity contribution in [1.82, 2.24) is 0 Å². The van der Waals surface area contributed by atoms with E-state index in [1.807, 2.05) is 5.41 Å². The molecule has 0 bridgehead atoms. The lowest BCUT2D eigenvalue weighted by molar-refractivity contribution is -0.147. The highest BCUT2D eigenvalue weighted by Gasteiger charge is 2.41. The number of allylic oxidation sites excluding steroid dienone is 1. The van der Waals surface area contributed by atoms with E-state index in [1.165, 1.54) is 19.1 Å². The summed E-state index contributed by atoms with van der Waals surface area (Å²) >= 11 is 0.728. The smallest absolute Gasteiger partial charge is 0.450 e. The molecule has 8 heteroatoms. The van der Waals surface area contributed by atoms with Gasteiger partial charge in [-0.3, -0.25) is 9.59 Å². The number of hydrogen-bond donors (Lipinski definition) is 1. The molecule has 1 heterocycles. The summed E-state index contributed by atoms with van der Waals surface area (Å²) in [7, 11) is 0. The number of ketones is 1. The van der Waals surface area contributed by atoms with Crippen molar-refractivity contribution < 1.29 is 27.5 Å². The molecular formula is C14H11F3NO3S. The second-order valence-corrected chi connectivity index (χ2v) is 5.26. The number of Topliss-reactive ketones (excluding diaryl/α,β-unsaturated/α-hetero) is 1. The van der Waals surface area contributed by atoms with Crippen molar-refractivity contribution in [1.29, 1.82) is 0 Å². The maximum absolute atomic E-state index is 12.6. The van der Waals surface area contributed by atoms with Crippen LogP contribution in [0.1, 0.15) is 17.3 Å². The van der Waals surface area contributed by atoms with Gasteiger partial charge in [-0.05, 0) is 19.1 Å². The fourth-order valence-electron chi connectivity index (χ4n) is 1.75. The van der Waals surface area contributed by atoms with Crippen LogP contribution in [0, 0.1) is 5.41 Å². The van der Waals surface area contributed by atoms with Gasteiger partial charge in [0.1, 0.15) is 0 Å². The van der Waals surface area contributed by atoms with Crippen molar-refractivity contribution >= 4 is 29.1 Å². The third kappa shape index (κ3) is 3.82. The highest BCUT2D eigenvalue weighted by atomic mass is 32.2. The second kappa shape index (κ2) is 6.43. The van der Waals surface area contributed by atoms with Crippen molar-refractivity contribution in [2.75, 3.05) is 11.1 Å². The molecule has 0 spiro atoms. The summed E-state index contributed by atoms with van der Waals surface area (Å²) in [4.78, 5) is 23.5. The van der Waals surface area contributed by atoms with Crippen LogP contribution in [0.15, 0.2) is 30.0 Å². The molecule has 1 aromatic rings. The van der Waals surface area contributed by atoms with E-state index in [0.29, 0.717) is 0 Å². The van der Waals surface area contributed by atoms with Crippen LogP contribution in [-0.2, 0) is 9.53 Å². The van der Waals surface area contributed by atoms with Crippen LogP contribution in [0.4, 0.5) is 18.9 Å². The van der Waals surface area contributed by atoms with Gasteiger partial charge >= 0.3 is 6.18 Å². The zero-order valence-corrected chi connectivity index (χ0v) is 12.2. The number of carbonyl (C=O) groups excluding carboxylic acids is 2. The van der Waals surface area contributed by atoms with Crippen LogP contribution in [0.3, 0.4) is 0 Å². The van der Waals surface area contributed by atoms with Gasteiger partial charge < -0.3 is 10.1 Å². The topological polar surface area (TPSA) is 55.4 Å². The number of nitrogens with one attached hydrogen (secondary N) is 1. The number of thioether (sulfide) groups is 1. The molecule has 1 unspecified atom stereocenters. The number of carbonyl (C=O) groups is 2. The van der Waals surface area contributed by atoms with Gasteiger partial charge in [-0.1, -0.05) is 12.1 Å². The lowest BCUT2D eigenvalue weighted by atomic mass is 10.1. The zero-order valence-electron chi connectivity index (χ0n) is 11.4. The Kier molecular flexibility index (Phi) is 4.80. The average Bonchev–Trinajstić information content (AvgIpc) is 2.47. The molecule has 0 saturated carbocycles. The average molecular weight is 330 g/mol. The molecule has 1 N–H and O–H groups in total. The summed E-state index contributed by atoms with van der Waals surface area (Å²) in [5, 5.41) is 4.42. The van der Waals surface area contributed by atoms with Crippen LogP contribution in [-0.4, -0.2) is 29.7 Å². The fraction of sp³-hybridized carbons (Fsp3) is 0.286. The molecule has 1 atom stereocenters. The van der Waals surface area contributed by atoms with E-state index in [-0.39, 0.29) is 22.8 Å². The summed E-state index contributed by atoms with van der Waals surface area (Å²) < 4.78 is 42.3. The Bertz CT molecular complexity index is 628. The molecule has 1 aliphatic rings. The second-order valence-electron chi connectivity index (χ2n) is 4.44. The molecular weight excluding hydrogens is 319 g/mol. The van der Waals surface area contributed by atoms with Crippen LogP contribution >= 0.6 is 11.8 Å². The minimum atomic E-state index is -4.69. The number of rotatable bonds is 3. The van der Waals surface area contributed by atoms with E-state index >= 15 is 0 Å². The summed E-state index contributed by atoms with van der Waals surface area (Å²) in [5.74, 6) is -2.32. The Morgan fingerprint density at radius 2 is 2.05 bits per heavy atom. The number of halogens is 3. The zero-order chi connectivity index (χ0) is 16.3. The molecule has 0 aromatic heterocycles. The van der Waals surface area contributed by atoms with Crippen LogP contribution in [0.5, 0.6) is 0 Å². The molecule has 1 amide bonds. The first-order valence-electron chi connectivity index (χ1n) is 6.18. The molecule has 0 aliphatic carbocycles. The number of anilines is 1. The molecule has 0 fully saturated rings. The van der Waals surface area contributed by atoms with E-state index in [4.69, 9.17) is 0 Å². The summed E-state index contributed by atoms with van der Waals surface area (Å²) in [6.45, 7) is 1.33. The monoisotopic (exact) mass is 330 g/mol. The van der Waals surface area contributed by atoms with E-state index in [1.54, 1.807) is 12.1 Å². The molecule has 22 heavy (non-hydrogen) atoms.